The quantitative estimate of drug-likeness (QED) is 0.488. The van der Waals surface area contributed by atoms with Crippen LogP contribution in [0, 0.1) is 12.3 Å². The number of nitrogens with zero attached hydrogens (tertiary/aromatic N) is 2. The molecular formula is C19H30N4O2. The summed E-state index contributed by atoms with van der Waals surface area (Å²) in [7, 11) is 1.85. The number of aryl methyl sites for hydroxylation is 1. The lowest BCUT2D eigenvalue weighted by Gasteiger charge is -2.25. The van der Waals surface area contributed by atoms with Gasteiger partial charge in [-0.05, 0) is 44.1 Å². The molecule has 3 rings (SSSR count). The molecule has 0 radical (unpaired) electrons. The monoisotopic (exact) mass is 346 g/mol. The second-order valence-electron chi connectivity index (χ2n) is 7.39. The van der Waals surface area contributed by atoms with Crippen LogP contribution in [0.2, 0.25) is 0 Å². The normalized spacial score (nSPS) is 19.6. The van der Waals surface area contributed by atoms with Crippen LogP contribution in [-0.2, 0) is 0 Å². The minimum absolute atomic E-state index is 0.144. The van der Waals surface area contributed by atoms with Crippen LogP contribution in [0.15, 0.2) is 21.7 Å². The molecule has 1 saturated carbocycles. The Kier molecular flexibility index (Phi) is 5.66. The minimum atomic E-state index is -0.144. The molecule has 6 heteroatoms. The van der Waals surface area contributed by atoms with Gasteiger partial charge in [0.05, 0.1) is 6.26 Å². The zero-order chi connectivity index (χ0) is 17.7. The first-order chi connectivity index (χ1) is 12.1. The van der Waals surface area contributed by atoms with Gasteiger partial charge in [-0.25, -0.2) is 0 Å². The van der Waals surface area contributed by atoms with Crippen molar-refractivity contribution in [2.75, 3.05) is 33.2 Å². The van der Waals surface area contributed by atoms with E-state index in [1.807, 2.05) is 14.0 Å². The summed E-state index contributed by atoms with van der Waals surface area (Å²) in [5, 5.41) is 6.34. The highest BCUT2D eigenvalue weighted by atomic mass is 16.3. The van der Waals surface area contributed by atoms with Gasteiger partial charge in [-0.2, -0.15) is 0 Å². The molecule has 1 saturated heterocycles. The number of likely N-dealkylation sites (tertiary alicyclic amines) is 1. The van der Waals surface area contributed by atoms with E-state index < -0.39 is 0 Å². The molecule has 1 amide bonds. The number of amides is 1. The lowest BCUT2D eigenvalue weighted by atomic mass is 9.86. The molecule has 1 spiro atoms. The minimum Gasteiger partial charge on any atom is -0.459 e. The Morgan fingerprint density at radius 3 is 2.72 bits per heavy atom. The maximum Gasteiger partial charge on any atom is 0.287 e. The van der Waals surface area contributed by atoms with E-state index in [1.54, 1.807) is 12.3 Å². The zero-order valence-corrected chi connectivity index (χ0v) is 15.4. The van der Waals surface area contributed by atoms with Gasteiger partial charge in [-0.15, -0.1) is 0 Å². The number of aliphatic imine (C=N–C) groups is 1. The molecule has 0 aromatic carbocycles. The average Bonchev–Trinajstić information content (AvgIpc) is 3.34. The van der Waals surface area contributed by atoms with Crippen LogP contribution in [0.1, 0.15) is 54.6 Å². The number of rotatable bonds is 5. The molecule has 0 atom stereocenters. The summed E-state index contributed by atoms with van der Waals surface area (Å²) in [6.07, 6.45) is 9.21. The van der Waals surface area contributed by atoms with Crippen molar-refractivity contribution in [2.24, 2.45) is 10.4 Å². The van der Waals surface area contributed by atoms with E-state index in [-0.39, 0.29) is 5.91 Å². The smallest absolute Gasteiger partial charge is 0.287 e. The van der Waals surface area contributed by atoms with E-state index in [0.29, 0.717) is 17.7 Å². The molecule has 6 nitrogen and oxygen atoms in total. The maximum absolute atomic E-state index is 12.0. The second kappa shape index (κ2) is 7.93. The predicted octanol–water partition coefficient (Wildman–Crippen LogP) is 2.55. The fourth-order valence-corrected chi connectivity index (χ4v) is 4.16. The Morgan fingerprint density at radius 2 is 2.04 bits per heavy atom. The summed E-state index contributed by atoms with van der Waals surface area (Å²) in [6, 6.07) is 1.80. The summed E-state index contributed by atoms with van der Waals surface area (Å²) in [4.78, 5) is 18.8. The molecule has 1 aromatic heterocycles. The number of carbonyl (C=O) groups is 1. The number of hydrogen-bond donors (Lipinski definition) is 2. The van der Waals surface area contributed by atoms with Crippen molar-refractivity contribution in [1.29, 1.82) is 0 Å². The third kappa shape index (κ3) is 4.17. The summed E-state index contributed by atoms with van der Waals surface area (Å²) >= 11 is 0. The number of furan rings is 1. The Bertz CT molecular complexity index is 617. The van der Waals surface area contributed by atoms with E-state index >= 15 is 0 Å². The third-order valence-electron chi connectivity index (χ3n) is 5.60. The van der Waals surface area contributed by atoms with E-state index in [4.69, 9.17) is 4.42 Å². The number of hydrogen-bond acceptors (Lipinski definition) is 3. The highest BCUT2D eigenvalue weighted by Gasteiger charge is 2.40. The first kappa shape index (κ1) is 17.8. The van der Waals surface area contributed by atoms with Crippen molar-refractivity contribution in [3.8, 4) is 0 Å². The predicted molar refractivity (Wildman–Crippen MR) is 98.8 cm³/mol. The van der Waals surface area contributed by atoms with E-state index in [1.165, 1.54) is 32.1 Å². The zero-order valence-electron chi connectivity index (χ0n) is 15.4. The molecule has 0 unspecified atom stereocenters. The van der Waals surface area contributed by atoms with Crippen molar-refractivity contribution in [3.05, 3.63) is 23.7 Å². The molecular weight excluding hydrogens is 316 g/mol. The van der Waals surface area contributed by atoms with Gasteiger partial charge in [0.1, 0.15) is 0 Å². The van der Waals surface area contributed by atoms with Crippen LogP contribution in [0.5, 0.6) is 0 Å². The topological polar surface area (TPSA) is 69.9 Å². The number of nitrogens with one attached hydrogen (secondary N) is 2. The standard InChI is InChI=1S/C19H30N4O2/c1-15-6-13-25-16(15)17(24)21-10-5-11-22-18(20-2)23-12-9-19(14-23)7-3-4-8-19/h6,13H,3-5,7-12,14H2,1-2H3,(H,20,22)(H,21,24). The molecule has 138 valence electrons. The van der Waals surface area contributed by atoms with Gasteiger partial charge in [0.2, 0.25) is 0 Å². The summed E-state index contributed by atoms with van der Waals surface area (Å²) in [5.74, 6) is 1.26. The fourth-order valence-electron chi connectivity index (χ4n) is 4.16. The number of guanidine groups is 1. The third-order valence-corrected chi connectivity index (χ3v) is 5.60. The Labute approximate surface area is 150 Å². The van der Waals surface area contributed by atoms with E-state index in [9.17, 15) is 4.79 Å². The lowest BCUT2D eigenvalue weighted by Crippen LogP contribution is -2.42. The highest BCUT2D eigenvalue weighted by Crippen LogP contribution is 2.45. The van der Waals surface area contributed by atoms with Crippen molar-refractivity contribution in [2.45, 2.75) is 45.4 Å². The molecule has 1 aliphatic carbocycles. The van der Waals surface area contributed by atoms with Crippen LogP contribution in [-0.4, -0.2) is 50.0 Å². The molecule has 2 fully saturated rings. The van der Waals surface area contributed by atoms with Gasteiger partial charge in [0, 0.05) is 38.8 Å². The SMILES string of the molecule is CN=C(NCCCNC(=O)c1occc1C)N1CCC2(CCCC2)C1. The fraction of sp³-hybridized carbons (Fsp3) is 0.684. The Balaban J connectivity index is 1.36. The Hall–Kier alpha value is -1.98. The molecule has 2 aliphatic rings. The second-order valence-corrected chi connectivity index (χ2v) is 7.39. The molecule has 25 heavy (non-hydrogen) atoms. The highest BCUT2D eigenvalue weighted by molar-refractivity contribution is 5.92. The van der Waals surface area contributed by atoms with Crippen LogP contribution in [0.3, 0.4) is 0 Å². The lowest BCUT2D eigenvalue weighted by molar-refractivity contribution is 0.0925. The van der Waals surface area contributed by atoms with Gasteiger partial charge >= 0.3 is 0 Å². The molecule has 2 N–H and O–H groups in total. The van der Waals surface area contributed by atoms with Crippen molar-refractivity contribution >= 4 is 11.9 Å². The van der Waals surface area contributed by atoms with Gasteiger partial charge in [-0.3, -0.25) is 9.79 Å². The van der Waals surface area contributed by atoms with E-state index in [0.717, 1.165) is 37.6 Å². The van der Waals surface area contributed by atoms with Crippen LogP contribution in [0.25, 0.3) is 0 Å². The molecule has 0 bridgehead atoms. The van der Waals surface area contributed by atoms with E-state index in [2.05, 4.69) is 20.5 Å². The average molecular weight is 346 g/mol. The first-order valence-electron chi connectivity index (χ1n) is 9.41. The largest absolute Gasteiger partial charge is 0.459 e. The molecule has 1 aromatic rings. The van der Waals surface area contributed by atoms with Crippen molar-refractivity contribution in [3.63, 3.8) is 0 Å². The van der Waals surface area contributed by atoms with Gasteiger partial charge in [0.25, 0.3) is 5.91 Å². The summed E-state index contributed by atoms with van der Waals surface area (Å²) in [5.41, 5.74) is 1.41. The first-order valence-corrected chi connectivity index (χ1v) is 9.41. The maximum atomic E-state index is 12.0. The molecule has 1 aliphatic heterocycles. The summed E-state index contributed by atoms with van der Waals surface area (Å²) in [6.45, 7) is 5.53. The van der Waals surface area contributed by atoms with Gasteiger partial charge < -0.3 is 20.0 Å². The summed E-state index contributed by atoms with van der Waals surface area (Å²) < 4.78 is 5.20. The van der Waals surface area contributed by atoms with Crippen LogP contribution in [0.4, 0.5) is 0 Å². The van der Waals surface area contributed by atoms with Crippen molar-refractivity contribution < 1.29 is 9.21 Å². The van der Waals surface area contributed by atoms with Crippen LogP contribution < -0.4 is 10.6 Å². The number of carbonyl (C=O) groups excluding carboxylic acids is 1. The van der Waals surface area contributed by atoms with Gasteiger partial charge in [-0.1, -0.05) is 12.8 Å². The Morgan fingerprint density at radius 1 is 1.28 bits per heavy atom. The van der Waals surface area contributed by atoms with Crippen LogP contribution >= 0.6 is 0 Å². The molecule has 2 heterocycles. The van der Waals surface area contributed by atoms with Gasteiger partial charge in [0.15, 0.2) is 11.7 Å². The van der Waals surface area contributed by atoms with Crippen molar-refractivity contribution in [1.82, 2.24) is 15.5 Å².